The van der Waals surface area contributed by atoms with Gasteiger partial charge in [0.15, 0.2) is 0 Å². The summed E-state index contributed by atoms with van der Waals surface area (Å²) in [5.74, 6) is -0.656. The zero-order chi connectivity index (χ0) is 28.5. The Hall–Kier alpha value is -3.76. The van der Waals surface area contributed by atoms with E-state index >= 15 is 0 Å². The molecule has 0 bridgehead atoms. The second-order valence-corrected chi connectivity index (χ2v) is 9.48. The first kappa shape index (κ1) is 29.8. The van der Waals surface area contributed by atoms with Crippen LogP contribution < -0.4 is 15.7 Å². The number of fused-ring (bicyclic) bond motifs is 1. The molecule has 192 valence electrons. The Balaban J connectivity index is 2.24. The number of hydrogen-bond donors (Lipinski definition) is 3. The van der Waals surface area contributed by atoms with E-state index in [-0.39, 0.29) is 11.3 Å². The molecule has 0 saturated heterocycles. The van der Waals surface area contributed by atoms with Crippen LogP contribution in [0.15, 0.2) is 121 Å². The third-order valence-electron chi connectivity index (χ3n) is 6.97. The standard InChI is InChI=1S/C33H33B3O3/c1-5-11-23(21(3)17-18-22(4)32-27-15-9-10-16-29(27)36-32)25-13-7-8-14-26(25)24(12-6-2)28(20-37)33(39)31(35)30(38)19-34/h5-10,13-20,31,33,37-39H,1-2,11-12H2,3-4H3/b21-17+,22-18+,25-23+,26-24+,28-20+,30-19-. The number of benzene rings is 2. The van der Waals surface area contributed by atoms with Crippen LogP contribution >= 0.6 is 0 Å². The Morgan fingerprint density at radius 2 is 1.54 bits per heavy atom. The van der Waals surface area contributed by atoms with Gasteiger partial charge >= 0.3 is 202 Å². The molecule has 0 aromatic heterocycles. The topological polar surface area (TPSA) is 60.7 Å². The fourth-order valence-electron chi connectivity index (χ4n) is 4.75. The molecule has 3 rings (SSSR count). The molecular formula is C33H33B3O3. The van der Waals surface area contributed by atoms with Gasteiger partial charge in [0.2, 0.25) is 0 Å². The van der Waals surface area contributed by atoms with Gasteiger partial charge in [-0.05, 0) is 0 Å². The minimum atomic E-state index is -1.40. The van der Waals surface area contributed by atoms with Crippen molar-refractivity contribution in [2.75, 3.05) is 0 Å². The van der Waals surface area contributed by atoms with E-state index in [2.05, 4.69) is 64.3 Å². The van der Waals surface area contributed by atoms with E-state index in [0.717, 1.165) is 33.8 Å². The summed E-state index contributed by atoms with van der Waals surface area (Å²) in [7, 11) is 11.4. The zero-order valence-electron chi connectivity index (χ0n) is 22.6. The molecule has 1 aliphatic heterocycles. The van der Waals surface area contributed by atoms with Gasteiger partial charge in [-0.1, -0.05) is 5.98 Å². The van der Waals surface area contributed by atoms with Crippen molar-refractivity contribution in [1.29, 1.82) is 0 Å². The van der Waals surface area contributed by atoms with Crippen LogP contribution in [0.3, 0.4) is 0 Å². The Labute approximate surface area is 234 Å². The summed E-state index contributed by atoms with van der Waals surface area (Å²) < 4.78 is 0. The normalized spacial score (nSPS) is 17.1. The van der Waals surface area contributed by atoms with Crippen LogP contribution in [0, 0.1) is 5.11 Å². The molecule has 1 aliphatic rings. The predicted octanol–water partition coefficient (Wildman–Crippen LogP) is 4.14. The molecule has 0 aliphatic carbocycles. The molecular weight excluding hydrogens is 477 g/mol. The molecule has 39 heavy (non-hydrogen) atoms. The molecule has 3 N–H and O–H groups in total. The third kappa shape index (κ3) is 6.64. The first-order valence-corrected chi connectivity index (χ1v) is 12.9. The fraction of sp³-hybridized carbons (Fsp3) is 0.182. The first-order valence-electron chi connectivity index (χ1n) is 12.9. The van der Waals surface area contributed by atoms with Crippen LogP contribution in [0.25, 0.3) is 16.6 Å². The van der Waals surface area contributed by atoms with Crippen molar-refractivity contribution in [2.24, 2.45) is 0 Å². The van der Waals surface area contributed by atoms with Gasteiger partial charge in [0.05, 0.1) is 13.6 Å². The van der Waals surface area contributed by atoms with E-state index in [0.29, 0.717) is 18.4 Å². The second-order valence-electron chi connectivity index (χ2n) is 9.48. The van der Waals surface area contributed by atoms with Crippen LogP contribution in [0.5, 0.6) is 0 Å². The van der Waals surface area contributed by atoms with Crippen LogP contribution in [0.1, 0.15) is 26.7 Å². The maximum absolute atomic E-state index is 11.0. The van der Waals surface area contributed by atoms with Crippen molar-refractivity contribution >= 4 is 39.2 Å². The SMILES string of the molecule is [B]/C=C(\O)C([B])C(O)C(=C/O)/C(CC=C)=c1\cccc\c1=C(CC=C)/C(C)=C/C=C(\C)C1=c2ccccc2=B1. The molecule has 3 nitrogen and oxygen atoms in total. The van der Waals surface area contributed by atoms with Crippen molar-refractivity contribution in [2.45, 2.75) is 38.6 Å². The number of aliphatic hydroxyl groups is 3. The molecule has 2 atom stereocenters. The molecule has 2 unspecified atom stereocenters. The quantitative estimate of drug-likeness (QED) is 0.185. The van der Waals surface area contributed by atoms with Crippen molar-refractivity contribution < 1.29 is 15.3 Å². The molecule has 0 saturated carbocycles. The molecule has 4 radical (unpaired) electrons. The number of allylic oxidation sites excluding steroid dienone is 6. The van der Waals surface area contributed by atoms with Crippen LogP contribution in [-0.2, 0) is 0 Å². The van der Waals surface area contributed by atoms with Gasteiger partial charge in [0.25, 0.3) is 0 Å². The Morgan fingerprint density at radius 1 is 0.949 bits per heavy atom. The van der Waals surface area contributed by atoms with E-state index in [1.807, 2.05) is 36.4 Å². The van der Waals surface area contributed by atoms with Crippen LogP contribution in [-0.4, -0.2) is 44.0 Å². The van der Waals surface area contributed by atoms with Crippen LogP contribution in [0.4, 0.5) is 0 Å². The molecule has 0 amide bonds. The molecule has 1 heterocycles. The van der Waals surface area contributed by atoms with Gasteiger partial charge in [0, 0.05) is 0 Å². The average molecular weight is 510 g/mol. The van der Waals surface area contributed by atoms with Crippen molar-refractivity contribution in [3.8, 4) is 0 Å². The maximum atomic E-state index is 11.0. The van der Waals surface area contributed by atoms with Gasteiger partial charge in [-0.15, -0.1) is 0 Å². The van der Waals surface area contributed by atoms with Gasteiger partial charge in [-0.2, -0.15) is 0 Å². The summed E-state index contributed by atoms with van der Waals surface area (Å²) in [5.41, 5.74) is 5.33. The van der Waals surface area contributed by atoms with Gasteiger partial charge < -0.3 is 5.11 Å². The summed E-state index contributed by atoms with van der Waals surface area (Å²) in [6.07, 6.45) is 8.16. The molecule has 2 aromatic carbocycles. The number of hydrogen-bond acceptors (Lipinski definition) is 3. The van der Waals surface area contributed by atoms with Crippen molar-refractivity contribution in [3.63, 3.8) is 0 Å². The first-order chi connectivity index (χ1) is 18.8. The Morgan fingerprint density at radius 3 is 2.13 bits per heavy atom. The summed E-state index contributed by atoms with van der Waals surface area (Å²) in [6, 6.07) is 16.1. The molecule has 6 heteroatoms. The fourth-order valence-corrected chi connectivity index (χ4v) is 4.75. The third-order valence-corrected chi connectivity index (χ3v) is 6.97. The Bertz CT molecular complexity index is 1620. The molecule has 0 fully saturated rings. The van der Waals surface area contributed by atoms with E-state index < -0.39 is 11.9 Å². The number of rotatable bonds is 11. The monoisotopic (exact) mass is 510 g/mol. The molecule has 0 spiro atoms. The van der Waals surface area contributed by atoms with Gasteiger partial charge in [0.1, 0.15) is 7.85 Å². The van der Waals surface area contributed by atoms with Crippen molar-refractivity contribution in [3.05, 3.63) is 141 Å². The van der Waals surface area contributed by atoms with E-state index in [4.69, 9.17) is 15.7 Å². The van der Waals surface area contributed by atoms with Gasteiger partial charge in [-0.3, -0.25) is 0 Å². The zero-order valence-corrected chi connectivity index (χ0v) is 22.6. The predicted molar refractivity (Wildman–Crippen MR) is 166 cm³/mol. The average Bonchev–Trinajstić information content (AvgIpc) is 2.94. The summed E-state index contributed by atoms with van der Waals surface area (Å²) >= 11 is 0. The minimum absolute atomic E-state index is 0.175. The van der Waals surface area contributed by atoms with Gasteiger partial charge in [-0.25, -0.2) is 0 Å². The van der Waals surface area contributed by atoms with E-state index in [1.54, 1.807) is 6.08 Å². The van der Waals surface area contributed by atoms with Crippen LogP contribution in [0.2, 0.25) is 5.82 Å². The summed E-state index contributed by atoms with van der Waals surface area (Å²) in [5, 5.41) is 35.4. The van der Waals surface area contributed by atoms with E-state index in [1.165, 1.54) is 21.4 Å². The second kappa shape index (κ2) is 13.9. The molecule has 2 aromatic rings. The van der Waals surface area contributed by atoms with E-state index in [9.17, 15) is 15.3 Å². The Kier molecular flexibility index (Phi) is 10.6. The summed E-state index contributed by atoms with van der Waals surface area (Å²) in [4.78, 5) is 0. The van der Waals surface area contributed by atoms with Crippen molar-refractivity contribution in [1.82, 2.24) is 0 Å². The summed E-state index contributed by atoms with van der Waals surface area (Å²) in [6.45, 7) is 14.2. The number of aliphatic hydroxyl groups excluding tert-OH is 3.